The smallest absolute Gasteiger partial charge is 0.319 e. The van der Waals surface area contributed by atoms with Crippen molar-refractivity contribution in [1.82, 2.24) is 15.3 Å². The van der Waals surface area contributed by atoms with Gasteiger partial charge in [-0.15, -0.1) is 0 Å². The number of aromatic amines is 1. The second-order valence-electron chi connectivity index (χ2n) is 7.35. The summed E-state index contributed by atoms with van der Waals surface area (Å²) in [5, 5.41) is 5.86. The van der Waals surface area contributed by atoms with Gasteiger partial charge in [0.15, 0.2) is 0 Å². The minimum absolute atomic E-state index is 0.188. The Morgan fingerprint density at radius 1 is 1.17 bits per heavy atom. The summed E-state index contributed by atoms with van der Waals surface area (Å²) in [7, 11) is 0. The van der Waals surface area contributed by atoms with Crippen molar-refractivity contribution in [2.45, 2.75) is 25.8 Å². The molecule has 30 heavy (non-hydrogen) atoms. The quantitative estimate of drug-likeness (QED) is 0.496. The predicted molar refractivity (Wildman–Crippen MR) is 118 cm³/mol. The lowest BCUT2D eigenvalue weighted by molar-refractivity contribution is 0.252. The maximum atomic E-state index is 12.3. The van der Waals surface area contributed by atoms with Crippen molar-refractivity contribution in [2.75, 3.05) is 29.9 Å². The first kappa shape index (κ1) is 19.8. The first-order chi connectivity index (χ1) is 14.8. The highest BCUT2D eigenvalue weighted by Crippen LogP contribution is 2.34. The van der Waals surface area contributed by atoms with Crippen LogP contribution in [0.1, 0.15) is 24.1 Å². The predicted octanol–water partition coefficient (Wildman–Crippen LogP) is 3.95. The molecule has 3 N–H and O–H groups in total. The van der Waals surface area contributed by atoms with Crippen LogP contribution in [0.15, 0.2) is 61.1 Å². The summed E-state index contributed by atoms with van der Waals surface area (Å²) in [5.74, 6) is 0.827. The number of anilines is 2. The minimum Gasteiger partial charge on any atom is -0.490 e. The maximum absolute atomic E-state index is 12.3. The van der Waals surface area contributed by atoms with Crippen molar-refractivity contribution in [1.29, 1.82) is 0 Å². The Morgan fingerprint density at radius 3 is 2.90 bits per heavy atom. The lowest BCUT2D eigenvalue weighted by atomic mass is 10.1. The van der Waals surface area contributed by atoms with Gasteiger partial charge in [-0.2, -0.15) is 0 Å². The second-order valence-corrected chi connectivity index (χ2v) is 7.35. The van der Waals surface area contributed by atoms with Gasteiger partial charge in [0, 0.05) is 18.4 Å². The van der Waals surface area contributed by atoms with Gasteiger partial charge >= 0.3 is 6.03 Å². The molecule has 2 heterocycles. The highest BCUT2D eigenvalue weighted by atomic mass is 16.5. The maximum Gasteiger partial charge on any atom is 0.319 e. The van der Waals surface area contributed by atoms with Gasteiger partial charge in [-0.1, -0.05) is 30.3 Å². The van der Waals surface area contributed by atoms with E-state index >= 15 is 0 Å². The Balaban J connectivity index is 1.26. The van der Waals surface area contributed by atoms with Gasteiger partial charge < -0.3 is 25.3 Å². The van der Waals surface area contributed by atoms with E-state index in [1.54, 1.807) is 6.33 Å². The van der Waals surface area contributed by atoms with Gasteiger partial charge in [0.1, 0.15) is 12.4 Å². The molecule has 4 rings (SSSR count). The zero-order chi connectivity index (χ0) is 20.6. The summed E-state index contributed by atoms with van der Waals surface area (Å²) in [6.45, 7) is 2.78. The molecular weight excluding hydrogens is 378 g/mol. The highest BCUT2D eigenvalue weighted by Gasteiger charge is 2.19. The van der Waals surface area contributed by atoms with Gasteiger partial charge in [0.25, 0.3) is 0 Å². The minimum atomic E-state index is -0.188. The molecule has 0 fully saturated rings. The Bertz CT molecular complexity index is 943. The monoisotopic (exact) mass is 405 g/mol. The van der Waals surface area contributed by atoms with Gasteiger partial charge in [0.05, 0.1) is 30.8 Å². The molecule has 156 valence electrons. The normalized spacial score (nSPS) is 12.7. The molecule has 1 aliphatic rings. The summed E-state index contributed by atoms with van der Waals surface area (Å²) in [5.41, 5.74) is 4.08. The number of fused-ring (bicyclic) bond motifs is 1. The summed E-state index contributed by atoms with van der Waals surface area (Å²) in [4.78, 5) is 21.7. The number of aryl methyl sites for hydroxylation is 1. The number of nitrogens with zero attached hydrogens (tertiary/aromatic N) is 2. The van der Waals surface area contributed by atoms with Crippen molar-refractivity contribution in [3.05, 3.63) is 72.3 Å². The average molecular weight is 406 g/mol. The fourth-order valence-corrected chi connectivity index (χ4v) is 3.57. The molecule has 0 aliphatic carbocycles. The van der Waals surface area contributed by atoms with Gasteiger partial charge in [-0.3, -0.25) is 0 Å². The molecule has 0 spiro atoms. The van der Waals surface area contributed by atoms with E-state index in [1.807, 2.05) is 30.5 Å². The zero-order valence-corrected chi connectivity index (χ0v) is 16.9. The van der Waals surface area contributed by atoms with Crippen molar-refractivity contribution >= 4 is 17.4 Å². The fourth-order valence-electron chi connectivity index (χ4n) is 3.57. The van der Waals surface area contributed by atoms with Crippen LogP contribution in [0.2, 0.25) is 0 Å². The van der Waals surface area contributed by atoms with E-state index < -0.39 is 0 Å². The van der Waals surface area contributed by atoms with Gasteiger partial charge in [-0.25, -0.2) is 9.78 Å². The second kappa shape index (κ2) is 9.82. The number of nitrogens with one attached hydrogen (secondary N) is 3. The van der Waals surface area contributed by atoms with Crippen LogP contribution in [-0.4, -0.2) is 35.7 Å². The van der Waals surface area contributed by atoms with Crippen LogP contribution in [-0.2, 0) is 13.0 Å². The number of carbonyl (C=O) groups is 1. The van der Waals surface area contributed by atoms with Crippen LogP contribution >= 0.6 is 0 Å². The summed E-state index contributed by atoms with van der Waals surface area (Å²) < 4.78 is 5.77. The van der Waals surface area contributed by atoms with Crippen molar-refractivity contribution in [2.24, 2.45) is 0 Å². The molecule has 7 nitrogen and oxygen atoms in total. The molecule has 0 unspecified atom stereocenters. The largest absolute Gasteiger partial charge is 0.490 e. The number of imidazole rings is 1. The van der Waals surface area contributed by atoms with Crippen molar-refractivity contribution in [3.8, 4) is 5.75 Å². The van der Waals surface area contributed by atoms with E-state index in [-0.39, 0.29) is 6.03 Å². The van der Waals surface area contributed by atoms with E-state index in [2.05, 4.69) is 49.8 Å². The molecule has 1 aliphatic heterocycles. The average Bonchev–Trinajstić information content (AvgIpc) is 3.28. The number of aromatic nitrogens is 2. The molecule has 2 aromatic carbocycles. The van der Waals surface area contributed by atoms with E-state index in [0.29, 0.717) is 19.7 Å². The number of carbonyl (C=O) groups excluding carboxylic acids is 1. The van der Waals surface area contributed by atoms with Crippen LogP contribution < -0.4 is 20.3 Å². The lowest BCUT2D eigenvalue weighted by Gasteiger charge is -2.31. The zero-order valence-electron chi connectivity index (χ0n) is 16.9. The summed E-state index contributed by atoms with van der Waals surface area (Å²) >= 11 is 0. The van der Waals surface area contributed by atoms with Crippen LogP contribution in [0.4, 0.5) is 16.2 Å². The Hall–Kier alpha value is -3.48. The summed E-state index contributed by atoms with van der Waals surface area (Å²) in [6, 6.07) is 16.0. The molecular formula is C23H27N5O2. The number of H-pyrrole nitrogens is 1. The topological polar surface area (TPSA) is 82.3 Å². The molecule has 0 radical (unpaired) electrons. The molecule has 7 heteroatoms. The first-order valence-corrected chi connectivity index (χ1v) is 10.4. The number of benzene rings is 2. The van der Waals surface area contributed by atoms with Crippen molar-refractivity contribution < 1.29 is 9.53 Å². The lowest BCUT2D eigenvalue weighted by Crippen LogP contribution is -2.33. The van der Waals surface area contributed by atoms with Crippen LogP contribution in [0.3, 0.4) is 0 Å². The van der Waals surface area contributed by atoms with Crippen LogP contribution in [0.25, 0.3) is 0 Å². The third-order valence-electron chi connectivity index (χ3n) is 5.11. The third kappa shape index (κ3) is 5.31. The van der Waals surface area contributed by atoms with Crippen LogP contribution in [0, 0.1) is 0 Å². The van der Waals surface area contributed by atoms with Gasteiger partial charge in [-0.05, 0) is 43.0 Å². The number of urea groups is 1. The van der Waals surface area contributed by atoms with E-state index in [4.69, 9.17) is 4.74 Å². The molecule has 3 aromatic rings. The standard InChI is InChI=1S/C23H27N5O2/c29-23(25-11-5-4-8-18-6-2-1-3-7-18)27-19-9-10-22-21(14-19)28(12-13-30-22)16-20-15-24-17-26-20/h1-3,6-7,9-10,14-15,17H,4-5,8,11-13,16H2,(H,24,26)(H2,25,27,29). The molecule has 0 bridgehead atoms. The third-order valence-corrected chi connectivity index (χ3v) is 5.11. The number of unbranched alkanes of at least 4 members (excludes halogenated alkanes) is 1. The number of hydrogen-bond donors (Lipinski definition) is 3. The number of ether oxygens (including phenoxy) is 1. The Kier molecular flexibility index (Phi) is 6.49. The van der Waals surface area contributed by atoms with Crippen molar-refractivity contribution in [3.63, 3.8) is 0 Å². The summed E-state index contributed by atoms with van der Waals surface area (Å²) in [6.07, 6.45) is 6.52. The Morgan fingerprint density at radius 2 is 2.07 bits per heavy atom. The van der Waals surface area contributed by atoms with E-state index in [9.17, 15) is 4.79 Å². The highest BCUT2D eigenvalue weighted by molar-refractivity contribution is 5.90. The molecule has 0 saturated carbocycles. The molecule has 0 atom stereocenters. The molecule has 2 amide bonds. The number of amides is 2. The number of hydrogen-bond acceptors (Lipinski definition) is 4. The van der Waals surface area contributed by atoms with E-state index in [1.165, 1.54) is 5.56 Å². The Labute approximate surface area is 176 Å². The first-order valence-electron chi connectivity index (χ1n) is 10.4. The van der Waals surface area contributed by atoms with E-state index in [0.717, 1.165) is 48.6 Å². The van der Waals surface area contributed by atoms with Crippen LogP contribution in [0.5, 0.6) is 5.75 Å². The fraction of sp³-hybridized carbons (Fsp3) is 0.304. The number of rotatable bonds is 8. The SMILES string of the molecule is O=C(NCCCCc1ccccc1)Nc1ccc2c(c1)N(Cc1cnc[nH]1)CCO2. The molecule has 0 saturated heterocycles. The van der Waals surface area contributed by atoms with Gasteiger partial charge in [0.2, 0.25) is 0 Å². The molecule has 1 aromatic heterocycles.